The van der Waals surface area contributed by atoms with Crippen molar-refractivity contribution in [1.82, 2.24) is 19.3 Å². The number of aromatic nitrogens is 4. The quantitative estimate of drug-likeness (QED) is 0.507. The molecule has 4 aromatic rings. The average Bonchev–Trinajstić information content (AvgIpc) is 3.35. The Morgan fingerprint density at radius 1 is 1.19 bits per heavy atom. The first-order chi connectivity index (χ1) is 12.7. The van der Waals surface area contributed by atoms with Crippen LogP contribution < -0.4 is 5.56 Å². The molecule has 3 aromatic heterocycles. The SMILES string of the molecule is O=C(Cn1cnc2sccc2c1=O)OCc1ccc(-n2cccn2)cc1. The van der Waals surface area contributed by atoms with Gasteiger partial charge in [-0.15, -0.1) is 11.3 Å². The van der Waals surface area contributed by atoms with Gasteiger partial charge < -0.3 is 4.74 Å². The van der Waals surface area contributed by atoms with Crippen molar-refractivity contribution < 1.29 is 9.53 Å². The van der Waals surface area contributed by atoms with Gasteiger partial charge in [-0.05, 0) is 35.2 Å². The van der Waals surface area contributed by atoms with Gasteiger partial charge in [0.25, 0.3) is 5.56 Å². The highest BCUT2D eigenvalue weighted by Gasteiger charge is 2.10. The van der Waals surface area contributed by atoms with E-state index in [9.17, 15) is 9.59 Å². The topological polar surface area (TPSA) is 79.0 Å². The Labute approximate surface area is 152 Å². The lowest BCUT2D eigenvalue weighted by Crippen LogP contribution is -2.25. The van der Waals surface area contributed by atoms with Crippen LogP contribution in [0, 0.1) is 0 Å². The molecule has 1 aromatic carbocycles. The fourth-order valence-corrected chi connectivity index (χ4v) is 3.24. The van der Waals surface area contributed by atoms with Crippen molar-refractivity contribution in [3.05, 3.63) is 76.4 Å². The zero-order valence-corrected chi connectivity index (χ0v) is 14.4. The molecule has 0 spiro atoms. The van der Waals surface area contributed by atoms with Gasteiger partial charge in [0.05, 0.1) is 17.4 Å². The molecule has 0 radical (unpaired) electrons. The van der Waals surface area contributed by atoms with Gasteiger partial charge in [0, 0.05) is 12.4 Å². The molecule has 0 aliphatic heterocycles. The van der Waals surface area contributed by atoms with E-state index in [-0.39, 0.29) is 18.7 Å². The second-order valence-electron chi connectivity index (χ2n) is 5.59. The summed E-state index contributed by atoms with van der Waals surface area (Å²) in [6.45, 7) is -0.0237. The maximum absolute atomic E-state index is 12.3. The maximum atomic E-state index is 12.3. The second kappa shape index (κ2) is 6.93. The number of rotatable bonds is 5. The molecule has 0 unspecified atom stereocenters. The number of esters is 1. The molecule has 0 atom stereocenters. The molecular weight excluding hydrogens is 352 g/mol. The van der Waals surface area contributed by atoms with Crippen LogP contribution in [0.5, 0.6) is 0 Å². The van der Waals surface area contributed by atoms with Crippen LogP contribution >= 0.6 is 11.3 Å². The van der Waals surface area contributed by atoms with Crippen LogP contribution in [-0.2, 0) is 22.7 Å². The van der Waals surface area contributed by atoms with Crippen molar-refractivity contribution in [1.29, 1.82) is 0 Å². The standard InChI is InChI=1S/C18H14N4O3S/c23-16(10-21-12-19-17-15(18(21)24)6-9-26-17)25-11-13-2-4-14(5-3-13)22-8-1-7-20-22/h1-9,12H,10-11H2. The van der Waals surface area contributed by atoms with Crippen molar-refractivity contribution in [3.63, 3.8) is 0 Å². The van der Waals surface area contributed by atoms with Crippen molar-refractivity contribution in [2.75, 3.05) is 0 Å². The summed E-state index contributed by atoms with van der Waals surface area (Å²) in [6.07, 6.45) is 4.94. The van der Waals surface area contributed by atoms with Gasteiger partial charge in [-0.3, -0.25) is 14.2 Å². The van der Waals surface area contributed by atoms with Crippen LogP contribution in [0.4, 0.5) is 0 Å². The molecule has 0 amide bonds. The van der Waals surface area contributed by atoms with E-state index < -0.39 is 5.97 Å². The first-order valence-corrected chi connectivity index (χ1v) is 8.76. The molecule has 3 heterocycles. The summed E-state index contributed by atoms with van der Waals surface area (Å²) < 4.78 is 8.27. The fourth-order valence-electron chi connectivity index (χ4n) is 2.52. The first kappa shape index (κ1) is 16.2. The second-order valence-corrected chi connectivity index (χ2v) is 6.49. The van der Waals surface area contributed by atoms with Crippen LogP contribution in [0.2, 0.25) is 0 Å². The summed E-state index contributed by atoms with van der Waals surface area (Å²) in [4.78, 5) is 29.1. The normalized spacial score (nSPS) is 10.9. The predicted molar refractivity (Wildman–Crippen MR) is 97.2 cm³/mol. The predicted octanol–water partition coefficient (Wildman–Crippen LogP) is 2.39. The number of carbonyl (C=O) groups excluding carboxylic acids is 1. The summed E-state index contributed by atoms with van der Waals surface area (Å²) >= 11 is 1.39. The number of benzene rings is 1. The lowest BCUT2D eigenvalue weighted by Gasteiger charge is -2.08. The highest BCUT2D eigenvalue weighted by molar-refractivity contribution is 7.16. The monoisotopic (exact) mass is 366 g/mol. The summed E-state index contributed by atoms with van der Waals surface area (Å²) in [6, 6.07) is 11.1. The largest absolute Gasteiger partial charge is 0.459 e. The van der Waals surface area contributed by atoms with Crippen LogP contribution in [0.3, 0.4) is 0 Å². The minimum Gasteiger partial charge on any atom is -0.459 e. The maximum Gasteiger partial charge on any atom is 0.326 e. The Hall–Kier alpha value is -3.26. The Balaban J connectivity index is 1.39. The van der Waals surface area contributed by atoms with Crippen molar-refractivity contribution in [3.8, 4) is 5.69 Å². The fraction of sp³-hybridized carbons (Fsp3) is 0.111. The van der Waals surface area contributed by atoms with Gasteiger partial charge in [-0.2, -0.15) is 5.10 Å². The van der Waals surface area contributed by atoms with Gasteiger partial charge >= 0.3 is 5.97 Å². The number of nitrogens with zero attached hydrogens (tertiary/aromatic N) is 4. The Morgan fingerprint density at radius 3 is 2.81 bits per heavy atom. The van der Waals surface area contributed by atoms with Crippen LogP contribution in [-0.4, -0.2) is 25.3 Å². The van der Waals surface area contributed by atoms with Crippen LogP contribution in [0.25, 0.3) is 15.9 Å². The number of fused-ring (bicyclic) bond motifs is 1. The lowest BCUT2D eigenvalue weighted by molar-refractivity contribution is -0.145. The van der Waals surface area contributed by atoms with E-state index in [1.54, 1.807) is 22.3 Å². The minimum absolute atomic E-state index is 0.140. The zero-order valence-electron chi connectivity index (χ0n) is 13.6. The van der Waals surface area contributed by atoms with Crippen LogP contribution in [0.1, 0.15) is 5.56 Å². The molecular formula is C18H14N4O3S. The third-order valence-electron chi connectivity index (χ3n) is 3.85. The van der Waals surface area contributed by atoms with E-state index in [1.807, 2.05) is 36.5 Å². The van der Waals surface area contributed by atoms with Crippen molar-refractivity contribution in [2.24, 2.45) is 0 Å². The molecule has 8 heteroatoms. The van der Waals surface area contributed by atoms with E-state index in [0.29, 0.717) is 10.2 Å². The highest BCUT2D eigenvalue weighted by Crippen LogP contribution is 2.13. The van der Waals surface area contributed by atoms with E-state index in [2.05, 4.69) is 10.1 Å². The minimum atomic E-state index is -0.486. The number of carbonyl (C=O) groups is 1. The Morgan fingerprint density at radius 2 is 2.04 bits per heavy atom. The molecule has 0 saturated heterocycles. The molecule has 4 rings (SSSR count). The van der Waals surface area contributed by atoms with Gasteiger partial charge in [0.2, 0.25) is 0 Å². The third kappa shape index (κ3) is 3.27. The van der Waals surface area contributed by atoms with E-state index in [1.165, 1.54) is 22.2 Å². The van der Waals surface area contributed by atoms with Crippen molar-refractivity contribution >= 4 is 27.5 Å². The summed E-state index contributed by atoms with van der Waals surface area (Å²) in [7, 11) is 0. The number of ether oxygens (including phenoxy) is 1. The van der Waals surface area contributed by atoms with Gasteiger partial charge in [-0.25, -0.2) is 9.67 Å². The zero-order chi connectivity index (χ0) is 17.9. The molecule has 0 bridgehead atoms. The number of hydrogen-bond donors (Lipinski definition) is 0. The molecule has 7 nitrogen and oxygen atoms in total. The van der Waals surface area contributed by atoms with Gasteiger partial charge in [0.1, 0.15) is 18.0 Å². The first-order valence-electron chi connectivity index (χ1n) is 7.88. The number of hydrogen-bond acceptors (Lipinski definition) is 6. The van der Waals surface area contributed by atoms with Gasteiger partial charge in [-0.1, -0.05) is 12.1 Å². The van der Waals surface area contributed by atoms with Crippen molar-refractivity contribution in [2.45, 2.75) is 13.2 Å². The molecule has 0 fully saturated rings. The molecule has 0 saturated carbocycles. The summed E-state index contributed by atoms with van der Waals surface area (Å²) in [5, 5.41) is 6.47. The van der Waals surface area contributed by atoms with E-state index in [4.69, 9.17) is 4.74 Å². The molecule has 0 N–H and O–H groups in total. The highest BCUT2D eigenvalue weighted by atomic mass is 32.1. The lowest BCUT2D eigenvalue weighted by atomic mass is 10.2. The van der Waals surface area contributed by atoms with E-state index in [0.717, 1.165) is 11.3 Å². The molecule has 0 aliphatic carbocycles. The molecule has 0 aliphatic rings. The Kier molecular flexibility index (Phi) is 4.32. The smallest absolute Gasteiger partial charge is 0.326 e. The molecule has 130 valence electrons. The van der Waals surface area contributed by atoms with Crippen LogP contribution in [0.15, 0.2) is 65.3 Å². The molecule has 26 heavy (non-hydrogen) atoms. The summed E-state index contributed by atoms with van der Waals surface area (Å²) in [5.74, 6) is -0.486. The average molecular weight is 366 g/mol. The van der Waals surface area contributed by atoms with E-state index >= 15 is 0 Å². The Bertz CT molecular complexity index is 1100. The summed E-state index contributed by atoms with van der Waals surface area (Å²) in [5.41, 5.74) is 1.54. The van der Waals surface area contributed by atoms with Gasteiger partial charge in [0.15, 0.2) is 0 Å². The number of thiophene rings is 1. The third-order valence-corrected chi connectivity index (χ3v) is 4.68.